The summed E-state index contributed by atoms with van der Waals surface area (Å²) >= 11 is 1.78. The van der Waals surface area contributed by atoms with Gasteiger partial charge in [-0.05, 0) is 47.3 Å². The fourth-order valence-electron chi connectivity index (χ4n) is 3.81. The highest BCUT2D eigenvalue weighted by molar-refractivity contribution is 7.16. The van der Waals surface area contributed by atoms with Gasteiger partial charge in [-0.25, -0.2) is 0 Å². The van der Waals surface area contributed by atoms with Crippen LogP contribution in [0.15, 0.2) is 24.3 Å². The molecular weight excluding hydrogens is 328 g/mol. The molecule has 1 aromatic heterocycles. The Morgan fingerprint density at radius 1 is 1.12 bits per heavy atom. The first kappa shape index (κ1) is 16.6. The molecule has 132 valence electrons. The Kier molecular flexibility index (Phi) is 3.91. The lowest BCUT2D eigenvalue weighted by Crippen LogP contribution is -2.38. The second-order valence-electron chi connectivity index (χ2n) is 8.48. The molecule has 1 aromatic carbocycles. The highest BCUT2D eigenvalue weighted by Crippen LogP contribution is 2.42. The summed E-state index contributed by atoms with van der Waals surface area (Å²) in [5, 5.41) is 7.76. The molecule has 4 rings (SSSR count). The molecule has 0 saturated heterocycles. The number of amides is 1. The normalized spacial score (nSPS) is 22.6. The van der Waals surface area contributed by atoms with E-state index in [0.29, 0.717) is 0 Å². The largest absolute Gasteiger partial charge is 0.353 e. The number of fused-ring (bicyclic) bond motifs is 3. The van der Waals surface area contributed by atoms with Gasteiger partial charge < -0.3 is 10.6 Å². The average Bonchev–Trinajstić information content (AvgIpc) is 2.91. The predicted octanol–water partition coefficient (Wildman–Crippen LogP) is 5.02. The Bertz CT molecular complexity index is 814. The van der Waals surface area contributed by atoms with Gasteiger partial charge in [0.15, 0.2) is 0 Å². The first-order valence-electron chi connectivity index (χ1n) is 9.15. The molecule has 0 bridgehead atoms. The van der Waals surface area contributed by atoms with E-state index in [9.17, 15) is 4.79 Å². The molecule has 0 unspecified atom stereocenters. The smallest absolute Gasteiger partial charge is 0.256 e. The summed E-state index contributed by atoms with van der Waals surface area (Å²) in [5.41, 5.74) is 4.73. The van der Waals surface area contributed by atoms with E-state index < -0.39 is 0 Å². The molecule has 1 amide bonds. The second-order valence-corrected chi connectivity index (χ2v) is 9.58. The molecule has 3 nitrogen and oxygen atoms in total. The van der Waals surface area contributed by atoms with E-state index in [1.54, 1.807) is 11.3 Å². The summed E-state index contributed by atoms with van der Waals surface area (Å²) in [4.78, 5) is 14.2. The summed E-state index contributed by atoms with van der Waals surface area (Å²) in [6, 6.07) is 8.58. The Morgan fingerprint density at radius 2 is 1.84 bits per heavy atom. The number of rotatable bonds is 1. The standard InChI is InChI=1S/C21H26N2OS/c1-12-5-10-15-16(11-12)25-20-17(15)19(24)22-18(23-20)13-6-8-14(9-7-13)21(2,3)4/h6-9,12,18,23H,5,10-11H2,1-4H3,(H,22,24)/t12-,18+/m0/s1. The van der Waals surface area contributed by atoms with Crippen LogP contribution in [0.25, 0.3) is 0 Å². The molecule has 1 aliphatic heterocycles. The molecule has 2 aromatic rings. The van der Waals surface area contributed by atoms with Crippen molar-refractivity contribution in [2.75, 3.05) is 5.32 Å². The number of anilines is 1. The number of hydrogen-bond donors (Lipinski definition) is 2. The van der Waals surface area contributed by atoms with E-state index in [1.807, 2.05) is 0 Å². The molecule has 0 fully saturated rings. The summed E-state index contributed by atoms with van der Waals surface area (Å²) in [5.74, 6) is 0.794. The fourth-order valence-corrected chi connectivity index (χ4v) is 5.24. The zero-order chi connectivity index (χ0) is 17.8. The highest BCUT2D eigenvalue weighted by atomic mass is 32.1. The average molecular weight is 355 g/mol. The Balaban J connectivity index is 1.63. The quantitative estimate of drug-likeness (QED) is 0.754. The third-order valence-corrected chi connectivity index (χ3v) is 6.59. The van der Waals surface area contributed by atoms with Gasteiger partial charge in [0.25, 0.3) is 5.91 Å². The monoisotopic (exact) mass is 354 g/mol. The van der Waals surface area contributed by atoms with Gasteiger partial charge in [0.2, 0.25) is 0 Å². The second kappa shape index (κ2) is 5.87. The van der Waals surface area contributed by atoms with Crippen molar-refractivity contribution in [1.82, 2.24) is 5.32 Å². The molecule has 2 heterocycles. The maximum absolute atomic E-state index is 12.8. The van der Waals surface area contributed by atoms with Crippen LogP contribution in [0.5, 0.6) is 0 Å². The van der Waals surface area contributed by atoms with Crippen molar-refractivity contribution < 1.29 is 4.79 Å². The van der Waals surface area contributed by atoms with E-state index in [-0.39, 0.29) is 17.5 Å². The van der Waals surface area contributed by atoms with Crippen LogP contribution in [0.4, 0.5) is 5.00 Å². The topological polar surface area (TPSA) is 41.1 Å². The summed E-state index contributed by atoms with van der Waals surface area (Å²) in [6.07, 6.45) is 3.17. The number of carbonyl (C=O) groups excluding carboxylic acids is 1. The van der Waals surface area contributed by atoms with Crippen molar-refractivity contribution >= 4 is 22.2 Å². The molecule has 2 atom stereocenters. The van der Waals surface area contributed by atoms with Crippen molar-refractivity contribution in [1.29, 1.82) is 0 Å². The molecule has 25 heavy (non-hydrogen) atoms. The minimum absolute atomic E-state index is 0.0747. The van der Waals surface area contributed by atoms with E-state index >= 15 is 0 Å². The minimum Gasteiger partial charge on any atom is -0.353 e. The summed E-state index contributed by atoms with van der Waals surface area (Å²) in [6.45, 7) is 8.94. The van der Waals surface area contributed by atoms with E-state index in [2.05, 4.69) is 62.6 Å². The number of carbonyl (C=O) groups is 1. The molecule has 1 aliphatic carbocycles. The fraction of sp³-hybridized carbons (Fsp3) is 0.476. The Labute approximate surface area is 153 Å². The zero-order valence-electron chi connectivity index (χ0n) is 15.4. The van der Waals surface area contributed by atoms with Crippen LogP contribution in [0.2, 0.25) is 0 Å². The van der Waals surface area contributed by atoms with Gasteiger partial charge in [-0.1, -0.05) is 52.0 Å². The molecule has 0 spiro atoms. The van der Waals surface area contributed by atoms with Gasteiger partial charge >= 0.3 is 0 Å². The van der Waals surface area contributed by atoms with Crippen LogP contribution < -0.4 is 10.6 Å². The lowest BCUT2D eigenvalue weighted by Gasteiger charge is -2.28. The van der Waals surface area contributed by atoms with E-state index in [1.165, 1.54) is 22.4 Å². The molecule has 4 heteroatoms. The lowest BCUT2D eigenvalue weighted by molar-refractivity contribution is 0.0935. The van der Waals surface area contributed by atoms with Gasteiger partial charge in [-0.3, -0.25) is 4.79 Å². The van der Waals surface area contributed by atoms with Crippen LogP contribution in [0.3, 0.4) is 0 Å². The minimum atomic E-state index is -0.147. The van der Waals surface area contributed by atoms with Gasteiger partial charge in [-0.2, -0.15) is 0 Å². The van der Waals surface area contributed by atoms with Gasteiger partial charge in [-0.15, -0.1) is 11.3 Å². The number of benzene rings is 1. The van der Waals surface area contributed by atoms with Crippen molar-refractivity contribution in [3.8, 4) is 0 Å². The molecule has 0 radical (unpaired) electrons. The van der Waals surface area contributed by atoms with Gasteiger partial charge in [0.1, 0.15) is 11.2 Å². The van der Waals surface area contributed by atoms with Gasteiger partial charge in [0, 0.05) is 4.88 Å². The van der Waals surface area contributed by atoms with Crippen LogP contribution in [0.1, 0.15) is 72.2 Å². The predicted molar refractivity (Wildman–Crippen MR) is 104 cm³/mol. The Hall–Kier alpha value is -1.81. The summed E-state index contributed by atoms with van der Waals surface area (Å²) in [7, 11) is 0. The lowest BCUT2D eigenvalue weighted by atomic mass is 9.86. The maximum Gasteiger partial charge on any atom is 0.256 e. The third-order valence-electron chi connectivity index (χ3n) is 5.40. The van der Waals surface area contributed by atoms with Crippen LogP contribution >= 0.6 is 11.3 Å². The zero-order valence-corrected chi connectivity index (χ0v) is 16.2. The van der Waals surface area contributed by atoms with Crippen molar-refractivity contribution in [2.45, 2.75) is 58.5 Å². The maximum atomic E-state index is 12.8. The molecule has 0 saturated carbocycles. The number of hydrogen-bond acceptors (Lipinski definition) is 3. The van der Waals surface area contributed by atoms with Crippen LogP contribution in [-0.4, -0.2) is 5.91 Å². The molecule has 2 N–H and O–H groups in total. The van der Waals surface area contributed by atoms with Crippen molar-refractivity contribution in [2.24, 2.45) is 5.92 Å². The first-order chi connectivity index (χ1) is 11.8. The van der Waals surface area contributed by atoms with Crippen LogP contribution in [-0.2, 0) is 18.3 Å². The Morgan fingerprint density at radius 3 is 2.52 bits per heavy atom. The summed E-state index contributed by atoms with van der Waals surface area (Å²) < 4.78 is 0. The van der Waals surface area contributed by atoms with Gasteiger partial charge in [0.05, 0.1) is 5.56 Å². The first-order valence-corrected chi connectivity index (χ1v) is 9.97. The molecule has 2 aliphatic rings. The number of nitrogens with one attached hydrogen (secondary N) is 2. The third kappa shape index (κ3) is 2.97. The number of thiophene rings is 1. The highest BCUT2D eigenvalue weighted by Gasteiger charge is 2.33. The van der Waals surface area contributed by atoms with Crippen molar-refractivity contribution in [3.05, 3.63) is 51.4 Å². The van der Waals surface area contributed by atoms with E-state index in [4.69, 9.17) is 0 Å². The SMILES string of the molecule is C[C@H]1CCc2c(sc3c2C(=O)N[C@@H](c2ccc(C(C)(C)C)cc2)N3)C1. The van der Waals surface area contributed by atoms with E-state index in [0.717, 1.165) is 34.9 Å². The van der Waals surface area contributed by atoms with Crippen molar-refractivity contribution in [3.63, 3.8) is 0 Å². The van der Waals surface area contributed by atoms with Crippen LogP contribution in [0, 0.1) is 5.92 Å². The molecular formula is C21H26N2OS.